The number of aryl methyl sites for hydroxylation is 1. The van der Waals surface area contributed by atoms with E-state index in [4.69, 9.17) is 5.11 Å². The minimum absolute atomic E-state index is 0.0724. The molecule has 1 unspecified atom stereocenters. The molecule has 1 aromatic heterocycles. The Morgan fingerprint density at radius 1 is 1.36 bits per heavy atom. The van der Waals surface area contributed by atoms with Gasteiger partial charge >= 0.3 is 12.1 Å². The second-order valence-electron chi connectivity index (χ2n) is 6.44. The van der Waals surface area contributed by atoms with Gasteiger partial charge in [0.05, 0.1) is 6.42 Å². The highest BCUT2D eigenvalue weighted by Crippen LogP contribution is 2.45. The summed E-state index contributed by atoms with van der Waals surface area (Å²) in [6, 6.07) is 5.59. The number of nitrogens with one attached hydrogen (secondary N) is 1. The van der Waals surface area contributed by atoms with Crippen LogP contribution in [0.1, 0.15) is 17.5 Å². The number of benzene rings is 1. The number of likely N-dealkylation sites (tertiary alicyclic amines) is 1. The second-order valence-corrected chi connectivity index (χ2v) is 6.44. The van der Waals surface area contributed by atoms with Crippen molar-refractivity contribution in [2.24, 2.45) is 5.41 Å². The summed E-state index contributed by atoms with van der Waals surface area (Å²) in [5.74, 6) is -2.44. The van der Waals surface area contributed by atoms with Gasteiger partial charge in [-0.15, -0.1) is 0 Å². The van der Waals surface area contributed by atoms with E-state index in [2.05, 4.69) is 4.98 Å². The molecule has 1 saturated heterocycles. The van der Waals surface area contributed by atoms with E-state index >= 15 is 0 Å². The number of aromatic nitrogens is 1. The average molecular weight is 354 g/mol. The zero-order valence-electron chi connectivity index (χ0n) is 13.5. The van der Waals surface area contributed by atoms with Crippen LogP contribution in [0.15, 0.2) is 24.4 Å². The topological polar surface area (TPSA) is 73.4 Å². The minimum Gasteiger partial charge on any atom is -0.481 e. The van der Waals surface area contributed by atoms with Gasteiger partial charge in [0, 0.05) is 30.2 Å². The molecule has 134 valence electrons. The summed E-state index contributed by atoms with van der Waals surface area (Å²) in [7, 11) is 0. The van der Waals surface area contributed by atoms with Crippen LogP contribution in [0.2, 0.25) is 0 Å². The summed E-state index contributed by atoms with van der Waals surface area (Å²) in [5.41, 5.74) is -0.316. The van der Waals surface area contributed by atoms with Crippen LogP contribution in [-0.4, -0.2) is 46.1 Å². The van der Waals surface area contributed by atoms with Crippen molar-refractivity contribution in [2.45, 2.75) is 25.9 Å². The molecule has 0 bridgehead atoms. The highest BCUT2D eigenvalue weighted by Gasteiger charge is 2.64. The highest BCUT2D eigenvalue weighted by molar-refractivity contribution is 5.91. The summed E-state index contributed by atoms with van der Waals surface area (Å²) in [5, 5.41) is 9.91. The molecule has 2 heterocycles. The van der Waals surface area contributed by atoms with Crippen LogP contribution in [-0.2, 0) is 16.0 Å². The molecule has 1 amide bonds. The van der Waals surface area contributed by atoms with E-state index in [1.54, 1.807) is 6.20 Å². The van der Waals surface area contributed by atoms with Crippen molar-refractivity contribution in [3.8, 4) is 0 Å². The molecule has 0 radical (unpaired) electrons. The zero-order chi connectivity index (χ0) is 18.4. The van der Waals surface area contributed by atoms with Crippen LogP contribution in [0.4, 0.5) is 13.2 Å². The van der Waals surface area contributed by atoms with E-state index in [1.807, 2.05) is 25.1 Å². The predicted octanol–water partition coefficient (Wildman–Crippen LogP) is 2.88. The summed E-state index contributed by atoms with van der Waals surface area (Å²) in [6.45, 7) is 0.855. The monoisotopic (exact) mass is 354 g/mol. The Bertz CT molecular complexity index is 843. The van der Waals surface area contributed by atoms with Crippen molar-refractivity contribution >= 4 is 22.8 Å². The second kappa shape index (κ2) is 5.79. The molecule has 1 aliphatic rings. The quantitative estimate of drug-likeness (QED) is 0.890. The Hall–Kier alpha value is -2.51. The maximum absolute atomic E-state index is 13.2. The Morgan fingerprint density at radius 3 is 2.68 bits per heavy atom. The summed E-state index contributed by atoms with van der Waals surface area (Å²) < 4.78 is 39.6. The number of carbonyl (C=O) groups excluding carboxylic acids is 1. The summed E-state index contributed by atoms with van der Waals surface area (Å²) in [4.78, 5) is 27.7. The molecule has 0 aliphatic carbocycles. The molecule has 1 aromatic carbocycles. The zero-order valence-corrected chi connectivity index (χ0v) is 13.5. The van der Waals surface area contributed by atoms with Gasteiger partial charge in [-0.1, -0.05) is 18.2 Å². The lowest BCUT2D eigenvalue weighted by molar-refractivity contribution is -0.227. The number of carboxylic acid groups (broad SMARTS) is 1. The van der Waals surface area contributed by atoms with Crippen molar-refractivity contribution in [1.29, 1.82) is 0 Å². The fraction of sp³-hybridized carbons (Fsp3) is 0.412. The molecule has 1 aliphatic heterocycles. The Labute approximate surface area is 141 Å². The largest absolute Gasteiger partial charge is 0.481 e. The van der Waals surface area contributed by atoms with Crippen LogP contribution >= 0.6 is 0 Å². The lowest BCUT2D eigenvalue weighted by atomic mass is 9.86. The summed E-state index contributed by atoms with van der Waals surface area (Å²) >= 11 is 0. The van der Waals surface area contributed by atoms with E-state index in [0.717, 1.165) is 21.4 Å². The van der Waals surface area contributed by atoms with Gasteiger partial charge in [0.25, 0.3) is 0 Å². The fourth-order valence-electron chi connectivity index (χ4n) is 3.33. The van der Waals surface area contributed by atoms with Crippen LogP contribution in [0.25, 0.3) is 10.9 Å². The van der Waals surface area contributed by atoms with Crippen molar-refractivity contribution in [2.75, 3.05) is 13.1 Å². The van der Waals surface area contributed by atoms with Gasteiger partial charge < -0.3 is 15.0 Å². The van der Waals surface area contributed by atoms with E-state index < -0.39 is 36.4 Å². The van der Waals surface area contributed by atoms with Crippen molar-refractivity contribution in [1.82, 2.24) is 9.88 Å². The number of fused-ring (bicyclic) bond motifs is 1. The van der Waals surface area contributed by atoms with Gasteiger partial charge in [0.1, 0.15) is 0 Å². The first kappa shape index (κ1) is 17.3. The van der Waals surface area contributed by atoms with Gasteiger partial charge in [0.2, 0.25) is 5.91 Å². The molecule has 25 heavy (non-hydrogen) atoms. The number of hydrogen-bond acceptors (Lipinski definition) is 2. The number of nitrogens with zero attached hydrogens (tertiary/aromatic N) is 1. The molecule has 3 rings (SSSR count). The number of para-hydroxylation sites is 1. The molecule has 0 saturated carbocycles. The van der Waals surface area contributed by atoms with Gasteiger partial charge in [-0.25, -0.2) is 0 Å². The van der Waals surface area contributed by atoms with Gasteiger partial charge in [-0.2, -0.15) is 13.2 Å². The Morgan fingerprint density at radius 2 is 2.08 bits per heavy atom. The number of H-pyrrole nitrogens is 1. The first-order valence-electron chi connectivity index (χ1n) is 7.79. The van der Waals surface area contributed by atoms with Crippen LogP contribution in [0.5, 0.6) is 0 Å². The van der Waals surface area contributed by atoms with Crippen LogP contribution in [0.3, 0.4) is 0 Å². The van der Waals surface area contributed by atoms with Crippen LogP contribution in [0, 0.1) is 12.3 Å². The molecule has 2 aromatic rings. The molecular formula is C17H17F3N2O3. The van der Waals surface area contributed by atoms with Crippen molar-refractivity contribution in [3.63, 3.8) is 0 Å². The molecule has 0 spiro atoms. The minimum atomic E-state index is -4.90. The lowest BCUT2D eigenvalue weighted by Gasteiger charge is -2.27. The number of carboxylic acids is 1. The predicted molar refractivity (Wildman–Crippen MR) is 84.1 cm³/mol. The molecule has 1 fully saturated rings. The Balaban J connectivity index is 1.81. The summed E-state index contributed by atoms with van der Waals surface area (Å²) in [6.07, 6.45) is -3.92. The number of hydrogen-bond donors (Lipinski definition) is 2. The number of aliphatic carboxylic acids is 1. The van der Waals surface area contributed by atoms with Gasteiger partial charge in [0.15, 0.2) is 5.41 Å². The maximum Gasteiger partial charge on any atom is 0.406 e. The number of aromatic amines is 1. The number of alkyl halides is 3. The third-order valence-electron chi connectivity index (χ3n) is 4.93. The molecule has 2 N–H and O–H groups in total. The number of carbonyl (C=O) groups is 2. The fourth-order valence-corrected chi connectivity index (χ4v) is 3.33. The first-order valence-corrected chi connectivity index (χ1v) is 7.79. The van der Waals surface area contributed by atoms with Crippen LogP contribution < -0.4 is 0 Å². The molecule has 5 nitrogen and oxygen atoms in total. The molecule has 8 heteroatoms. The van der Waals surface area contributed by atoms with Gasteiger partial charge in [-0.05, 0) is 24.5 Å². The average Bonchev–Trinajstić information content (AvgIpc) is 3.13. The van der Waals surface area contributed by atoms with E-state index in [9.17, 15) is 22.8 Å². The number of halogens is 3. The smallest absolute Gasteiger partial charge is 0.406 e. The molecular weight excluding hydrogens is 337 g/mol. The maximum atomic E-state index is 13.2. The highest BCUT2D eigenvalue weighted by atomic mass is 19.4. The lowest BCUT2D eigenvalue weighted by Crippen LogP contribution is -2.47. The van der Waals surface area contributed by atoms with Crippen molar-refractivity contribution in [3.05, 3.63) is 35.5 Å². The SMILES string of the molecule is Cc1cccc2c(CC(=O)N3CCC(C(=O)O)(C(F)(F)F)C3)c[nH]c12. The normalized spacial score (nSPS) is 21.0. The standard InChI is InChI=1S/C17H17F3N2O3/c1-10-3-2-4-12-11(8-21-14(10)12)7-13(23)22-6-5-16(9-22,15(24)25)17(18,19)20/h2-4,8,21H,5-7,9H2,1H3,(H,24,25). The van der Waals surface area contributed by atoms with Crippen molar-refractivity contribution < 1.29 is 27.9 Å². The Kier molecular flexibility index (Phi) is 4.01. The van der Waals surface area contributed by atoms with E-state index in [-0.39, 0.29) is 13.0 Å². The third kappa shape index (κ3) is 2.75. The van der Waals surface area contributed by atoms with Gasteiger partial charge in [-0.3, -0.25) is 9.59 Å². The van der Waals surface area contributed by atoms with E-state index in [0.29, 0.717) is 5.56 Å². The molecule has 1 atom stereocenters. The number of rotatable bonds is 3. The van der Waals surface area contributed by atoms with E-state index in [1.165, 1.54) is 0 Å². The number of amides is 1. The first-order chi connectivity index (χ1) is 11.7. The third-order valence-corrected chi connectivity index (χ3v) is 4.93.